The quantitative estimate of drug-likeness (QED) is 0.754. The van der Waals surface area contributed by atoms with Gasteiger partial charge >= 0.3 is 0 Å². The topological polar surface area (TPSA) is 26.2 Å². The van der Waals surface area contributed by atoms with Crippen molar-refractivity contribution >= 4 is 28.4 Å². The average molecular weight is 290 g/mol. The van der Waals surface area contributed by atoms with Crippen LogP contribution in [-0.4, -0.2) is 11.7 Å². The van der Waals surface area contributed by atoms with Gasteiger partial charge in [0.1, 0.15) is 5.75 Å². The fourth-order valence-corrected chi connectivity index (χ4v) is 3.10. The molecule has 1 aliphatic heterocycles. The van der Waals surface area contributed by atoms with E-state index in [1.165, 1.54) is 22.2 Å². The number of methoxy groups -OCH3 is 1. The number of nitrogens with one attached hydrogen (secondary N) is 1. The number of hydrogen-bond donors (Lipinski definition) is 1. The Hall–Kier alpha value is -2.68. The SMILES string of the molecule is COc1ccc2c(c1)c(Nc1ccccc1C)c1n2CC=C1. The Morgan fingerprint density at radius 3 is 2.82 bits per heavy atom. The summed E-state index contributed by atoms with van der Waals surface area (Å²) in [6.45, 7) is 3.05. The van der Waals surface area contributed by atoms with E-state index in [2.05, 4.69) is 65.4 Å². The van der Waals surface area contributed by atoms with Crippen LogP contribution in [0.3, 0.4) is 0 Å². The number of nitrogens with zero attached hydrogens (tertiary/aromatic N) is 1. The molecule has 0 atom stereocenters. The van der Waals surface area contributed by atoms with Crippen molar-refractivity contribution in [2.24, 2.45) is 0 Å². The molecule has 0 radical (unpaired) electrons. The van der Waals surface area contributed by atoms with Crippen molar-refractivity contribution in [1.29, 1.82) is 0 Å². The minimum atomic E-state index is 0.883. The van der Waals surface area contributed by atoms with Crippen LogP contribution in [0.2, 0.25) is 0 Å². The molecule has 3 nitrogen and oxygen atoms in total. The van der Waals surface area contributed by atoms with E-state index in [0.717, 1.165) is 23.7 Å². The summed E-state index contributed by atoms with van der Waals surface area (Å²) in [7, 11) is 1.71. The summed E-state index contributed by atoms with van der Waals surface area (Å²) in [5.41, 5.74) is 5.99. The molecule has 1 aromatic heterocycles. The first kappa shape index (κ1) is 13.0. The maximum absolute atomic E-state index is 5.40. The van der Waals surface area contributed by atoms with Gasteiger partial charge in [-0.15, -0.1) is 0 Å². The van der Waals surface area contributed by atoms with Crippen LogP contribution in [-0.2, 0) is 6.54 Å². The fourth-order valence-electron chi connectivity index (χ4n) is 3.10. The third-order valence-electron chi connectivity index (χ3n) is 4.28. The van der Waals surface area contributed by atoms with E-state index < -0.39 is 0 Å². The van der Waals surface area contributed by atoms with Crippen LogP contribution in [0.5, 0.6) is 5.75 Å². The van der Waals surface area contributed by atoms with Crippen LogP contribution >= 0.6 is 0 Å². The summed E-state index contributed by atoms with van der Waals surface area (Å²) < 4.78 is 7.73. The minimum Gasteiger partial charge on any atom is -0.497 e. The third-order valence-corrected chi connectivity index (χ3v) is 4.28. The summed E-state index contributed by atoms with van der Waals surface area (Å²) in [6.07, 6.45) is 4.38. The summed E-state index contributed by atoms with van der Waals surface area (Å²) in [6, 6.07) is 14.6. The zero-order chi connectivity index (χ0) is 15.1. The van der Waals surface area contributed by atoms with Gasteiger partial charge in [-0.25, -0.2) is 0 Å². The lowest BCUT2D eigenvalue weighted by Gasteiger charge is -2.10. The van der Waals surface area contributed by atoms with Crippen LogP contribution in [0.4, 0.5) is 11.4 Å². The van der Waals surface area contributed by atoms with Crippen molar-refractivity contribution in [1.82, 2.24) is 4.57 Å². The van der Waals surface area contributed by atoms with Crippen LogP contribution in [0.25, 0.3) is 17.0 Å². The van der Waals surface area contributed by atoms with Crippen LogP contribution in [0.15, 0.2) is 48.5 Å². The number of hydrogen-bond acceptors (Lipinski definition) is 2. The molecule has 0 unspecified atom stereocenters. The molecule has 0 saturated carbocycles. The lowest BCUT2D eigenvalue weighted by molar-refractivity contribution is 0.415. The van der Waals surface area contributed by atoms with E-state index in [0.29, 0.717) is 0 Å². The van der Waals surface area contributed by atoms with Gasteiger partial charge < -0.3 is 14.6 Å². The second-order valence-corrected chi connectivity index (χ2v) is 5.60. The molecule has 2 heterocycles. The fraction of sp³-hybridized carbons (Fsp3) is 0.158. The largest absolute Gasteiger partial charge is 0.497 e. The van der Waals surface area contributed by atoms with Crippen LogP contribution in [0, 0.1) is 6.92 Å². The summed E-state index contributed by atoms with van der Waals surface area (Å²) in [5, 5.41) is 4.82. The first-order valence-electron chi connectivity index (χ1n) is 7.47. The molecular weight excluding hydrogens is 272 g/mol. The van der Waals surface area contributed by atoms with Gasteiger partial charge in [0.05, 0.1) is 24.0 Å². The van der Waals surface area contributed by atoms with Gasteiger partial charge in [0, 0.05) is 17.6 Å². The highest BCUT2D eigenvalue weighted by atomic mass is 16.5. The molecule has 4 rings (SSSR count). The predicted molar refractivity (Wildman–Crippen MR) is 92.0 cm³/mol. The molecular formula is C19H18N2O. The lowest BCUT2D eigenvalue weighted by atomic mass is 10.1. The van der Waals surface area contributed by atoms with Gasteiger partial charge in [0.2, 0.25) is 0 Å². The lowest BCUT2D eigenvalue weighted by Crippen LogP contribution is -1.95. The average Bonchev–Trinajstić information content (AvgIpc) is 3.11. The zero-order valence-corrected chi connectivity index (χ0v) is 12.8. The molecule has 3 heteroatoms. The van der Waals surface area contributed by atoms with Crippen LogP contribution < -0.4 is 10.1 Å². The minimum absolute atomic E-state index is 0.883. The van der Waals surface area contributed by atoms with Crippen molar-refractivity contribution in [2.45, 2.75) is 13.5 Å². The molecule has 0 bridgehead atoms. The molecule has 3 aromatic rings. The highest BCUT2D eigenvalue weighted by Crippen LogP contribution is 2.38. The number of aromatic nitrogens is 1. The number of benzene rings is 2. The number of para-hydroxylation sites is 1. The Labute approximate surface area is 129 Å². The van der Waals surface area contributed by atoms with E-state index in [-0.39, 0.29) is 0 Å². The Morgan fingerprint density at radius 1 is 1.14 bits per heavy atom. The molecule has 0 fully saturated rings. The van der Waals surface area contributed by atoms with Gasteiger partial charge in [-0.2, -0.15) is 0 Å². The van der Waals surface area contributed by atoms with Crippen molar-refractivity contribution in [3.05, 3.63) is 59.8 Å². The summed E-state index contributed by atoms with van der Waals surface area (Å²) >= 11 is 0. The monoisotopic (exact) mass is 290 g/mol. The van der Waals surface area contributed by atoms with Gasteiger partial charge in [0.25, 0.3) is 0 Å². The number of anilines is 2. The number of aryl methyl sites for hydroxylation is 1. The molecule has 1 aliphatic rings. The first-order chi connectivity index (χ1) is 10.8. The Kier molecular flexibility index (Phi) is 2.93. The molecule has 1 N–H and O–H groups in total. The van der Waals surface area contributed by atoms with Crippen molar-refractivity contribution in [2.75, 3.05) is 12.4 Å². The second kappa shape index (κ2) is 4.95. The van der Waals surface area contributed by atoms with Gasteiger partial charge in [0.15, 0.2) is 0 Å². The van der Waals surface area contributed by atoms with E-state index in [9.17, 15) is 0 Å². The Bertz CT molecular complexity index is 890. The maximum Gasteiger partial charge on any atom is 0.119 e. The van der Waals surface area contributed by atoms with Crippen molar-refractivity contribution in [3.8, 4) is 5.75 Å². The number of fused-ring (bicyclic) bond motifs is 3. The Balaban J connectivity index is 1.92. The number of rotatable bonds is 3. The maximum atomic E-state index is 5.40. The van der Waals surface area contributed by atoms with E-state index in [1.807, 2.05) is 6.07 Å². The zero-order valence-electron chi connectivity index (χ0n) is 12.8. The van der Waals surface area contributed by atoms with Crippen molar-refractivity contribution in [3.63, 3.8) is 0 Å². The van der Waals surface area contributed by atoms with Gasteiger partial charge in [-0.05, 0) is 42.8 Å². The molecule has 110 valence electrons. The highest BCUT2D eigenvalue weighted by Gasteiger charge is 2.18. The van der Waals surface area contributed by atoms with Gasteiger partial charge in [-0.1, -0.05) is 24.3 Å². The third kappa shape index (κ3) is 1.90. The van der Waals surface area contributed by atoms with E-state index >= 15 is 0 Å². The van der Waals surface area contributed by atoms with Crippen molar-refractivity contribution < 1.29 is 4.74 Å². The molecule has 22 heavy (non-hydrogen) atoms. The normalized spacial score (nSPS) is 12.6. The second-order valence-electron chi connectivity index (χ2n) is 5.60. The van der Waals surface area contributed by atoms with Gasteiger partial charge in [-0.3, -0.25) is 0 Å². The molecule has 0 aliphatic carbocycles. The van der Waals surface area contributed by atoms with Crippen LogP contribution in [0.1, 0.15) is 11.3 Å². The summed E-state index contributed by atoms with van der Waals surface area (Å²) in [4.78, 5) is 0. The Morgan fingerprint density at radius 2 is 2.00 bits per heavy atom. The molecule has 0 spiro atoms. The predicted octanol–water partition coefficient (Wildman–Crippen LogP) is 4.73. The smallest absolute Gasteiger partial charge is 0.119 e. The van der Waals surface area contributed by atoms with E-state index in [4.69, 9.17) is 4.74 Å². The summed E-state index contributed by atoms with van der Waals surface area (Å²) in [5.74, 6) is 0.883. The number of allylic oxidation sites excluding steroid dienone is 1. The molecule has 0 saturated heterocycles. The number of ether oxygens (including phenoxy) is 1. The molecule has 2 aromatic carbocycles. The molecule has 0 amide bonds. The highest BCUT2D eigenvalue weighted by molar-refractivity contribution is 6.01. The first-order valence-corrected chi connectivity index (χ1v) is 7.47. The van der Waals surface area contributed by atoms with E-state index in [1.54, 1.807) is 7.11 Å². The standard InChI is InChI=1S/C19H18N2O/c1-13-6-3-4-7-16(13)20-19-15-12-14(22-2)9-10-17(15)21-11-5-8-18(19)21/h3-10,12,20H,11H2,1-2H3.